The number of ether oxygens (including phenoxy) is 1. The molecule has 1 N–H and O–H groups in total. The molecule has 3 aromatic rings. The number of nitrogens with zero attached hydrogens (tertiary/aromatic N) is 5. The zero-order chi connectivity index (χ0) is 23.4. The minimum absolute atomic E-state index is 0.0260. The molecule has 9 heteroatoms. The molecule has 2 atom stereocenters. The Kier molecular flexibility index (Phi) is 5.26. The average Bonchev–Trinajstić information content (AvgIpc) is 3.19. The molecule has 34 heavy (non-hydrogen) atoms. The highest BCUT2D eigenvalue weighted by atomic mass is 32.1. The zero-order valence-electron chi connectivity index (χ0n) is 19.7. The van der Waals surface area contributed by atoms with Crippen molar-refractivity contribution in [2.45, 2.75) is 32.2 Å². The second-order valence-corrected chi connectivity index (χ2v) is 10.6. The summed E-state index contributed by atoms with van der Waals surface area (Å²) in [6, 6.07) is 4.37. The molecule has 1 aliphatic carbocycles. The van der Waals surface area contributed by atoms with Gasteiger partial charge in [0.05, 0.1) is 41.4 Å². The fourth-order valence-corrected chi connectivity index (χ4v) is 6.45. The van der Waals surface area contributed by atoms with E-state index >= 15 is 0 Å². The van der Waals surface area contributed by atoms with Gasteiger partial charge in [-0.25, -0.2) is 9.97 Å². The normalized spacial score (nSPS) is 21.1. The molecule has 8 nitrogen and oxygen atoms in total. The quantitative estimate of drug-likeness (QED) is 0.622. The number of fused-ring (bicyclic) bond motifs is 4. The molecule has 2 unspecified atom stereocenters. The summed E-state index contributed by atoms with van der Waals surface area (Å²) in [6.07, 6.45) is 6.01. The van der Waals surface area contributed by atoms with Gasteiger partial charge in [0.2, 0.25) is 5.91 Å². The first-order valence-corrected chi connectivity index (χ1v) is 12.6. The molecule has 0 radical (unpaired) electrons. The van der Waals surface area contributed by atoms with E-state index in [9.17, 15) is 4.79 Å². The summed E-state index contributed by atoms with van der Waals surface area (Å²) in [5.74, 6) is 1.12. The van der Waals surface area contributed by atoms with Crippen molar-refractivity contribution in [1.82, 2.24) is 14.9 Å². The number of morpholine rings is 1. The summed E-state index contributed by atoms with van der Waals surface area (Å²) in [5.41, 5.74) is 3.36. The average molecular weight is 477 g/mol. The van der Waals surface area contributed by atoms with Crippen LogP contribution >= 0.6 is 11.3 Å². The third-order valence-corrected chi connectivity index (χ3v) is 8.23. The van der Waals surface area contributed by atoms with Crippen molar-refractivity contribution in [3.63, 3.8) is 0 Å². The first kappa shape index (κ1) is 21.5. The van der Waals surface area contributed by atoms with E-state index in [1.807, 2.05) is 25.2 Å². The van der Waals surface area contributed by atoms with Gasteiger partial charge in [0.25, 0.3) is 0 Å². The second kappa shape index (κ2) is 8.32. The van der Waals surface area contributed by atoms with Gasteiger partial charge in [0.15, 0.2) is 0 Å². The molecule has 3 aliphatic rings. The second-order valence-electron chi connectivity index (χ2n) is 9.51. The van der Waals surface area contributed by atoms with Gasteiger partial charge in [-0.2, -0.15) is 0 Å². The zero-order valence-corrected chi connectivity index (χ0v) is 20.5. The number of rotatable bonds is 4. The lowest BCUT2D eigenvalue weighted by Crippen LogP contribution is -2.50. The first-order valence-electron chi connectivity index (χ1n) is 11.8. The van der Waals surface area contributed by atoms with Crippen molar-refractivity contribution in [2.75, 3.05) is 44.1 Å². The minimum atomic E-state index is 0.0260. The van der Waals surface area contributed by atoms with Crippen LogP contribution in [-0.2, 0) is 22.4 Å². The Morgan fingerprint density at radius 3 is 2.94 bits per heavy atom. The van der Waals surface area contributed by atoms with E-state index in [0.717, 1.165) is 57.2 Å². The summed E-state index contributed by atoms with van der Waals surface area (Å²) in [7, 11) is 4.06. The predicted molar refractivity (Wildman–Crippen MR) is 134 cm³/mol. The van der Waals surface area contributed by atoms with Crippen molar-refractivity contribution in [3.05, 3.63) is 39.5 Å². The highest BCUT2D eigenvalue weighted by Crippen LogP contribution is 2.41. The van der Waals surface area contributed by atoms with Crippen LogP contribution in [-0.4, -0.2) is 60.7 Å². The number of carbonyl (C=O) groups is 1. The smallest absolute Gasteiger partial charge is 0.226 e. The Bertz CT molecular complexity index is 1420. The molecule has 1 aromatic carbocycles. The van der Waals surface area contributed by atoms with Crippen LogP contribution in [0.5, 0.6) is 0 Å². The highest BCUT2D eigenvalue weighted by molar-refractivity contribution is 7.19. The van der Waals surface area contributed by atoms with E-state index in [2.05, 4.69) is 44.2 Å². The number of benzene rings is 1. The number of aryl methyl sites for hydroxylation is 1. The predicted octanol–water partition coefficient (Wildman–Crippen LogP) is 2.22. The molecule has 1 saturated heterocycles. The van der Waals surface area contributed by atoms with Crippen LogP contribution in [0.2, 0.25) is 0 Å². The monoisotopic (exact) mass is 476 g/mol. The van der Waals surface area contributed by atoms with Crippen molar-refractivity contribution < 1.29 is 9.53 Å². The van der Waals surface area contributed by atoms with Gasteiger partial charge >= 0.3 is 0 Å². The molecular formula is C25H28N6O2S. The fourth-order valence-electron chi connectivity index (χ4n) is 5.18. The van der Waals surface area contributed by atoms with Crippen LogP contribution in [0.3, 0.4) is 0 Å². The molecule has 2 aromatic heterocycles. The van der Waals surface area contributed by atoms with E-state index < -0.39 is 0 Å². The van der Waals surface area contributed by atoms with Crippen molar-refractivity contribution >= 4 is 50.9 Å². The van der Waals surface area contributed by atoms with E-state index in [1.165, 1.54) is 10.4 Å². The number of aromatic nitrogens is 2. The molecule has 1 fully saturated rings. The topological polar surface area (TPSA) is 82.9 Å². The van der Waals surface area contributed by atoms with Crippen LogP contribution in [0.15, 0.2) is 23.5 Å². The molecule has 0 bridgehead atoms. The summed E-state index contributed by atoms with van der Waals surface area (Å²) < 4.78 is 5.52. The number of thiophene rings is 1. The lowest BCUT2D eigenvalue weighted by atomic mass is 9.86. The molecular weight excluding hydrogens is 448 g/mol. The van der Waals surface area contributed by atoms with Gasteiger partial charge < -0.3 is 19.9 Å². The SMILES string of the molecule is CC1COCCN1C(=O)C1CCc2c(sc3ncnc(Nc4cc5c(cc4N(C)C)=NC=5)c23)C1. The summed E-state index contributed by atoms with van der Waals surface area (Å²) >= 11 is 1.70. The maximum absolute atomic E-state index is 13.3. The lowest BCUT2D eigenvalue weighted by Gasteiger charge is -2.36. The Morgan fingerprint density at radius 1 is 1.29 bits per heavy atom. The minimum Gasteiger partial charge on any atom is -0.377 e. The van der Waals surface area contributed by atoms with Crippen molar-refractivity contribution in [3.8, 4) is 0 Å². The number of anilines is 3. The largest absolute Gasteiger partial charge is 0.377 e. The molecule has 176 valence electrons. The van der Waals surface area contributed by atoms with E-state index in [0.29, 0.717) is 19.8 Å². The Labute approximate surface area is 202 Å². The van der Waals surface area contributed by atoms with Crippen LogP contribution in [0, 0.1) is 5.92 Å². The molecule has 0 saturated carbocycles. The highest BCUT2D eigenvalue weighted by Gasteiger charge is 2.34. The lowest BCUT2D eigenvalue weighted by molar-refractivity contribution is -0.143. The molecule has 2 aliphatic heterocycles. The summed E-state index contributed by atoms with van der Waals surface area (Å²) in [5, 5.41) is 6.82. The maximum atomic E-state index is 13.3. The van der Waals surface area contributed by atoms with Gasteiger partial charge in [0.1, 0.15) is 17.0 Å². The van der Waals surface area contributed by atoms with Crippen LogP contribution in [0.25, 0.3) is 16.4 Å². The number of hydrogen-bond donors (Lipinski definition) is 1. The third kappa shape index (κ3) is 3.54. The molecule has 4 heterocycles. The number of hydrogen-bond acceptors (Lipinski definition) is 8. The summed E-state index contributed by atoms with van der Waals surface area (Å²) in [4.78, 5) is 33.2. The van der Waals surface area contributed by atoms with Gasteiger partial charge in [-0.05, 0) is 43.9 Å². The Balaban J connectivity index is 1.32. The van der Waals surface area contributed by atoms with E-state index in [-0.39, 0.29) is 17.9 Å². The van der Waals surface area contributed by atoms with Gasteiger partial charge in [0, 0.05) is 42.9 Å². The van der Waals surface area contributed by atoms with E-state index in [1.54, 1.807) is 17.7 Å². The van der Waals surface area contributed by atoms with Crippen LogP contribution in [0.4, 0.5) is 17.2 Å². The molecule has 1 amide bonds. The van der Waals surface area contributed by atoms with Crippen molar-refractivity contribution in [1.29, 1.82) is 0 Å². The number of amides is 1. The fraction of sp³-hybridized carbons (Fsp3) is 0.440. The molecule has 6 rings (SSSR count). The molecule has 0 spiro atoms. The Hall–Kier alpha value is -3.04. The third-order valence-electron chi connectivity index (χ3n) is 7.07. The number of carbonyl (C=O) groups excluding carboxylic acids is 1. The van der Waals surface area contributed by atoms with Crippen molar-refractivity contribution in [2.24, 2.45) is 10.9 Å². The first-order chi connectivity index (χ1) is 16.5. The van der Waals surface area contributed by atoms with Gasteiger partial charge in [-0.1, -0.05) is 0 Å². The maximum Gasteiger partial charge on any atom is 0.226 e. The van der Waals surface area contributed by atoms with Gasteiger partial charge in [-0.15, -0.1) is 11.3 Å². The van der Waals surface area contributed by atoms with Gasteiger partial charge in [-0.3, -0.25) is 9.79 Å². The summed E-state index contributed by atoms with van der Waals surface area (Å²) in [6.45, 7) is 4.02. The van der Waals surface area contributed by atoms with Crippen LogP contribution in [0.1, 0.15) is 23.8 Å². The van der Waals surface area contributed by atoms with Crippen LogP contribution < -0.4 is 20.8 Å². The Morgan fingerprint density at radius 2 is 2.18 bits per heavy atom. The number of nitrogens with one attached hydrogen (secondary N) is 1. The van der Waals surface area contributed by atoms with E-state index in [4.69, 9.17) is 4.74 Å². The standard InChI is InChI=1S/C25H28N6O2S/c1-14-12-33-7-6-31(14)25(32)15-4-5-17-21(9-15)34-24-22(17)23(27-13-28-24)29-19-8-16-11-26-18(16)10-20(19)30(2)3/h8,10-11,13-15H,4-7,9,12H2,1-3H3,(H,27,28,29).